The molecule has 1 aromatic heterocycles. The average molecular weight is 268 g/mol. The molecule has 7 nitrogen and oxygen atoms in total. The number of amides is 2. The van der Waals surface area contributed by atoms with Crippen molar-refractivity contribution in [3.05, 3.63) is 24.2 Å². The number of aliphatic carboxylic acids is 1. The topological polar surface area (TPSA) is 109 Å². The monoisotopic (exact) mass is 268 g/mol. The Morgan fingerprint density at radius 1 is 1.37 bits per heavy atom. The van der Waals surface area contributed by atoms with E-state index < -0.39 is 17.8 Å². The summed E-state index contributed by atoms with van der Waals surface area (Å²) in [7, 11) is 0. The number of hydrogen-bond donors (Lipinski definition) is 3. The maximum Gasteiger partial charge on any atom is 0.308 e. The van der Waals surface area contributed by atoms with Crippen molar-refractivity contribution in [3.63, 3.8) is 0 Å². The number of carboxylic acid groups (broad SMARTS) is 1. The van der Waals surface area contributed by atoms with Gasteiger partial charge in [-0.05, 0) is 12.1 Å². The first kappa shape index (κ1) is 14.7. The molecule has 1 heterocycles. The Balaban J connectivity index is 2.17. The number of hydrogen-bond acceptors (Lipinski definition) is 4. The first-order valence-corrected chi connectivity index (χ1v) is 5.82. The van der Waals surface area contributed by atoms with Gasteiger partial charge in [0.25, 0.3) is 5.91 Å². The second-order valence-electron chi connectivity index (χ2n) is 4.03. The summed E-state index contributed by atoms with van der Waals surface area (Å²) in [4.78, 5) is 33.3. The summed E-state index contributed by atoms with van der Waals surface area (Å²) < 4.78 is 4.88. The minimum absolute atomic E-state index is 0.0697. The molecule has 7 heteroatoms. The number of carbonyl (C=O) groups is 3. The summed E-state index contributed by atoms with van der Waals surface area (Å²) in [6.45, 7) is 1.73. The third-order valence-corrected chi connectivity index (χ3v) is 2.41. The van der Waals surface area contributed by atoms with Crippen LogP contribution in [0.1, 0.15) is 23.9 Å². The minimum atomic E-state index is -0.966. The lowest BCUT2D eigenvalue weighted by Gasteiger charge is -2.08. The average Bonchev–Trinajstić information content (AvgIpc) is 2.89. The van der Waals surface area contributed by atoms with Crippen molar-refractivity contribution in [2.75, 3.05) is 13.1 Å². The fraction of sp³-hybridized carbons (Fsp3) is 0.417. The van der Waals surface area contributed by atoms with Gasteiger partial charge in [-0.3, -0.25) is 14.4 Å². The van der Waals surface area contributed by atoms with Gasteiger partial charge in [-0.1, -0.05) is 6.92 Å². The molecular formula is C12H16N2O5. The zero-order chi connectivity index (χ0) is 14.3. The van der Waals surface area contributed by atoms with Crippen molar-refractivity contribution in [2.24, 2.45) is 5.92 Å². The largest absolute Gasteiger partial charge is 0.481 e. The van der Waals surface area contributed by atoms with E-state index in [9.17, 15) is 14.4 Å². The van der Waals surface area contributed by atoms with Gasteiger partial charge in [0.15, 0.2) is 5.76 Å². The minimum Gasteiger partial charge on any atom is -0.481 e. The summed E-state index contributed by atoms with van der Waals surface area (Å²) >= 11 is 0. The van der Waals surface area contributed by atoms with Gasteiger partial charge < -0.3 is 20.2 Å². The lowest BCUT2D eigenvalue weighted by atomic mass is 10.2. The quantitative estimate of drug-likeness (QED) is 0.656. The van der Waals surface area contributed by atoms with Gasteiger partial charge in [-0.25, -0.2) is 0 Å². The van der Waals surface area contributed by atoms with Crippen LogP contribution in [0.25, 0.3) is 0 Å². The highest BCUT2D eigenvalue weighted by Crippen LogP contribution is 1.98. The first-order chi connectivity index (χ1) is 9.00. The molecule has 0 spiro atoms. The molecule has 0 fully saturated rings. The number of carboxylic acids is 1. The van der Waals surface area contributed by atoms with Crippen molar-refractivity contribution >= 4 is 17.8 Å². The highest BCUT2D eigenvalue weighted by atomic mass is 16.4. The molecule has 104 valence electrons. The van der Waals surface area contributed by atoms with E-state index in [-0.39, 0.29) is 31.2 Å². The number of furan rings is 1. The van der Waals surface area contributed by atoms with Crippen LogP contribution in [0.4, 0.5) is 0 Å². The predicted molar refractivity (Wildman–Crippen MR) is 65.5 cm³/mol. The maximum absolute atomic E-state index is 11.4. The van der Waals surface area contributed by atoms with Crippen molar-refractivity contribution in [1.82, 2.24) is 10.6 Å². The lowest BCUT2D eigenvalue weighted by Crippen LogP contribution is -2.34. The van der Waals surface area contributed by atoms with Crippen LogP contribution in [0.15, 0.2) is 22.8 Å². The Morgan fingerprint density at radius 3 is 2.68 bits per heavy atom. The summed E-state index contributed by atoms with van der Waals surface area (Å²) in [5.41, 5.74) is 0. The van der Waals surface area contributed by atoms with E-state index in [1.165, 1.54) is 19.3 Å². The normalized spacial score (nSPS) is 11.6. The van der Waals surface area contributed by atoms with Crippen molar-refractivity contribution in [1.29, 1.82) is 0 Å². The molecule has 0 aliphatic carbocycles. The van der Waals surface area contributed by atoms with Crippen molar-refractivity contribution < 1.29 is 23.9 Å². The molecule has 2 amide bonds. The molecule has 3 N–H and O–H groups in total. The molecule has 0 aliphatic rings. The molecule has 1 unspecified atom stereocenters. The Labute approximate surface area is 110 Å². The molecule has 0 saturated heterocycles. The van der Waals surface area contributed by atoms with Crippen LogP contribution < -0.4 is 10.6 Å². The van der Waals surface area contributed by atoms with Gasteiger partial charge in [0.1, 0.15) is 0 Å². The van der Waals surface area contributed by atoms with Crippen LogP contribution in [0.3, 0.4) is 0 Å². The number of carbonyl (C=O) groups excluding carboxylic acids is 2. The number of nitrogens with one attached hydrogen (secondary N) is 2. The van der Waals surface area contributed by atoms with Crippen LogP contribution in [-0.2, 0) is 9.59 Å². The van der Waals surface area contributed by atoms with Crippen molar-refractivity contribution in [2.45, 2.75) is 13.3 Å². The second kappa shape index (κ2) is 7.20. The standard InChI is InChI=1S/C12H16N2O5/c1-8(12(17)18)7-14-10(15)4-5-13-11(16)9-3-2-6-19-9/h2-3,6,8H,4-5,7H2,1H3,(H,13,16)(H,14,15)(H,17,18). The first-order valence-electron chi connectivity index (χ1n) is 5.82. The Morgan fingerprint density at radius 2 is 2.11 bits per heavy atom. The van der Waals surface area contributed by atoms with Crippen LogP contribution >= 0.6 is 0 Å². The van der Waals surface area contributed by atoms with Crippen LogP contribution in [0, 0.1) is 5.92 Å². The summed E-state index contributed by atoms with van der Waals surface area (Å²) in [5.74, 6) is -2.13. The molecular weight excluding hydrogens is 252 g/mol. The Hall–Kier alpha value is -2.31. The highest BCUT2D eigenvalue weighted by Gasteiger charge is 2.12. The molecule has 19 heavy (non-hydrogen) atoms. The van der Waals surface area contributed by atoms with Gasteiger partial charge >= 0.3 is 5.97 Å². The molecule has 1 atom stereocenters. The molecule has 1 rings (SSSR count). The van der Waals surface area contributed by atoms with E-state index in [1.807, 2.05) is 0 Å². The summed E-state index contributed by atoms with van der Waals surface area (Å²) in [6, 6.07) is 3.11. The SMILES string of the molecule is CC(CNC(=O)CCNC(=O)c1ccco1)C(=O)O. The van der Waals surface area contributed by atoms with Gasteiger partial charge in [0, 0.05) is 19.5 Å². The molecule has 0 aromatic carbocycles. The Bertz CT molecular complexity index is 441. The van der Waals surface area contributed by atoms with E-state index in [4.69, 9.17) is 9.52 Å². The fourth-order valence-corrected chi connectivity index (χ4v) is 1.23. The zero-order valence-electron chi connectivity index (χ0n) is 10.5. The van der Waals surface area contributed by atoms with E-state index >= 15 is 0 Å². The summed E-state index contributed by atoms with van der Waals surface area (Å²) in [6.07, 6.45) is 1.47. The predicted octanol–water partition coefficient (Wildman–Crippen LogP) is 0.236. The van der Waals surface area contributed by atoms with Gasteiger partial charge in [-0.2, -0.15) is 0 Å². The van der Waals surface area contributed by atoms with Crippen LogP contribution in [0.2, 0.25) is 0 Å². The molecule has 0 bridgehead atoms. The second-order valence-corrected chi connectivity index (χ2v) is 4.03. The number of rotatable bonds is 7. The van der Waals surface area contributed by atoms with Gasteiger partial charge in [0.05, 0.1) is 12.2 Å². The van der Waals surface area contributed by atoms with E-state index in [2.05, 4.69) is 10.6 Å². The van der Waals surface area contributed by atoms with Gasteiger partial charge in [0.2, 0.25) is 5.91 Å². The molecule has 0 aliphatic heterocycles. The third-order valence-electron chi connectivity index (χ3n) is 2.41. The molecule has 1 aromatic rings. The summed E-state index contributed by atoms with van der Waals surface area (Å²) in [5, 5.41) is 13.6. The van der Waals surface area contributed by atoms with Gasteiger partial charge in [-0.15, -0.1) is 0 Å². The van der Waals surface area contributed by atoms with E-state index in [1.54, 1.807) is 6.07 Å². The van der Waals surface area contributed by atoms with Crippen molar-refractivity contribution in [3.8, 4) is 0 Å². The van der Waals surface area contributed by atoms with E-state index in [0.29, 0.717) is 0 Å². The fourth-order valence-electron chi connectivity index (χ4n) is 1.23. The third kappa shape index (κ3) is 5.24. The molecule has 0 radical (unpaired) electrons. The lowest BCUT2D eigenvalue weighted by molar-refractivity contribution is -0.141. The van der Waals surface area contributed by atoms with E-state index in [0.717, 1.165) is 0 Å². The van der Waals surface area contributed by atoms with Crippen LogP contribution in [-0.4, -0.2) is 36.0 Å². The smallest absolute Gasteiger partial charge is 0.308 e. The zero-order valence-corrected chi connectivity index (χ0v) is 10.5. The maximum atomic E-state index is 11.4. The Kier molecular flexibility index (Phi) is 5.59. The van der Waals surface area contributed by atoms with Crippen LogP contribution in [0.5, 0.6) is 0 Å². The highest BCUT2D eigenvalue weighted by molar-refractivity contribution is 5.91. The molecule has 0 saturated carbocycles.